The highest BCUT2D eigenvalue weighted by molar-refractivity contribution is 5.79. The summed E-state index contributed by atoms with van der Waals surface area (Å²) in [4.78, 5) is 16.4. The second-order valence-corrected chi connectivity index (χ2v) is 5.07. The predicted octanol–water partition coefficient (Wildman–Crippen LogP) is 1.22. The van der Waals surface area contributed by atoms with Crippen molar-refractivity contribution in [1.29, 1.82) is 0 Å². The summed E-state index contributed by atoms with van der Waals surface area (Å²) in [6, 6.07) is 5.87. The summed E-state index contributed by atoms with van der Waals surface area (Å²) in [6.07, 6.45) is 7.08. The van der Waals surface area contributed by atoms with Crippen LogP contribution in [0.2, 0.25) is 0 Å². The lowest BCUT2D eigenvalue weighted by Crippen LogP contribution is -2.49. The van der Waals surface area contributed by atoms with E-state index in [2.05, 4.69) is 31.3 Å². The number of ether oxygens (including phenoxy) is 1. The van der Waals surface area contributed by atoms with Crippen molar-refractivity contribution >= 4 is 10.9 Å². The molecule has 1 aliphatic heterocycles. The van der Waals surface area contributed by atoms with Gasteiger partial charge in [0, 0.05) is 37.1 Å². The first-order chi connectivity index (χ1) is 10.4. The van der Waals surface area contributed by atoms with Crippen LogP contribution in [0.15, 0.2) is 43.0 Å². The number of nitrogens with one attached hydrogen (secondary N) is 2. The zero-order valence-corrected chi connectivity index (χ0v) is 11.4. The summed E-state index contributed by atoms with van der Waals surface area (Å²) in [5, 5.41) is 4.48. The molecule has 1 saturated heterocycles. The molecule has 0 aromatic carbocycles. The summed E-state index contributed by atoms with van der Waals surface area (Å²) >= 11 is 0. The minimum Gasteiger partial charge on any atom is -0.358 e. The van der Waals surface area contributed by atoms with E-state index < -0.39 is 5.60 Å². The minimum atomic E-state index is -0.682. The third kappa shape index (κ3) is 2.00. The molecule has 6 heteroatoms. The molecular weight excluding hydrogens is 266 g/mol. The number of hydrogen-bond donors (Lipinski definition) is 2. The molecule has 3 aromatic heterocycles. The first kappa shape index (κ1) is 12.4. The molecule has 0 radical (unpaired) electrons. The van der Waals surface area contributed by atoms with Crippen LogP contribution in [0.5, 0.6) is 0 Å². The predicted molar refractivity (Wildman–Crippen MR) is 77.7 cm³/mol. The van der Waals surface area contributed by atoms with E-state index in [9.17, 15) is 0 Å². The van der Waals surface area contributed by atoms with E-state index >= 15 is 0 Å². The van der Waals surface area contributed by atoms with Crippen LogP contribution in [-0.4, -0.2) is 39.6 Å². The Balaban J connectivity index is 1.89. The highest BCUT2D eigenvalue weighted by atomic mass is 16.5. The molecule has 0 saturated carbocycles. The molecule has 21 heavy (non-hydrogen) atoms. The molecule has 0 spiro atoms. The van der Waals surface area contributed by atoms with Crippen LogP contribution in [0.3, 0.4) is 0 Å². The maximum atomic E-state index is 6.13. The topological polar surface area (TPSA) is 75.7 Å². The first-order valence-electron chi connectivity index (χ1n) is 6.94. The van der Waals surface area contributed by atoms with Crippen LogP contribution in [0.4, 0.5) is 0 Å². The third-order valence-corrected chi connectivity index (χ3v) is 3.79. The normalized spacial score (nSPS) is 22.5. The quantitative estimate of drug-likeness (QED) is 0.738. The van der Waals surface area contributed by atoms with Crippen molar-refractivity contribution in [3.63, 3.8) is 0 Å². The molecule has 3 aromatic rings. The van der Waals surface area contributed by atoms with E-state index in [0.29, 0.717) is 19.0 Å². The first-order valence-corrected chi connectivity index (χ1v) is 6.94. The summed E-state index contributed by atoms with van der Waals surface area (Å²) in [6.45, 7) is 2.08. The fraction of sp³-hybridized carbons (Fsp3) is 0.267. The van der Waals surface area contributed by atoms with Crippen molar-refractivity contribution in [1.82, 2.24) is 25.3 Å². The van der Waals surface area contributed by atoms with Gasteiger partial charge in [-0.15, -0.1) is 0 Å². The molecule has 6 nitrogen and oxygen atoms in total. The van der Waals surface area contributed by atoms with Gasteiger partial charge in [-0.2, -0.15) is 0 Å². The lowest BCUT2D eigenvalue weighted by molar-refractivity contribution is -0.0487. The van der Waals surface area contributed by atoms with Crippen molar-refractivity contribution in [3.8, 4) is 0 Å². The van der Waals surface area contributed by atoms with E-state index in [1.807, 2.05) is 18.3 Å². The number of aromatic nitrogens is 4. The molecule has 4 rings (SSSR count). The standard InChI is InChI=1S/C15H15N5O/c1-3-18-14(19-4-1)15(10-17-6-7-21-15)13-8-11-2-5-16-9-12(11)20-13/h1-5,8-9,17,20H,6-7,10H2. The van der Waals surface area contributed by atoms with Gasteiger partial charge in [0.15, 0.2) is 11.4 Å². The van der Waals surface area contributed by atoms with Gasteiger partial charge in [0.1, 0.15) is 0 Å². The van der Waals surface area contributed by atoms with Gasteiger partial charge < -0.3 is 15.0 Å². The summed E-state index contributed by atoms with van der Waals surface area (Å²) in [7, 11) is 0. The molecule has 0 amide bonds. The van der Waals surface area contributed by atoms with Crippen LogP contribution in [0, 0.1) is 0 Å². The highest BCUT2D eigenvalue weighted by Crippen LogP contribution is 2.33. The average molecular weight is 281 g/mol. The molecule has 0 bridgehead atoms. The number of H-pyrrole nitrogens is 1. The van der Waals surface area contributed by atoms with Crippen molar-refractivity contribution in [2.75, 3.05) is 19.7 Å². The third-order valence-electron chi connectivity index (χ3n) is 3.79. The Morgan fingerprint density at radius 2 is 2.10 bits per heavy atom. The summed E-state index contributed by atoms with van der Waals surface area (Å²) in [5.41, 5.74) is 1.25. The van der Waals surface area contributed by atoms with Gasteiger partial charge in [-0.25, -0.2) is 9.97 Å². The monoisotopic (exact) mass is 281 g/mol. The Kier molecular flexibility index (Phi) is 2.90. The second-order valence-electron chi connectivity index (χ2n) is 5.07. The van der Waals surface area contributed by atoms with Crippen LogP contribution < -0.4 is 5.32 Å². The Bertz CT molecular complexity index is 716. The van der Waals surface area contributed by atoms with Gasteiger partial charge in [-0.05, 0) is 18.2 Å². The van der Waals surface area contributed by atoms with E-state index in [1.165, 1.54) is 0 Å². The molecule has 1 fully saturated rings. The highest BCUT2D eigenvalue weighted by Gasteiger charge is 2.41. The number of aromatic amines is 1. The molecule has 4 heterocycles. The van der Waals surface area contributed by atoms with Crippen LogP contribution in [0.25, 0.3) is 10.9 Å². The van der Waals surface area contributed by atoms with Crippen molar-refractivity contribution in [3.05, 3.63) is 54.5 Å². The number of hydrogen-bond acceptors (Lipinski definition) is 5. The number of rotatable bonds is 2. The van der Waals surface area contributed by atoms with E-state index in [0.717, 1.165) is 23.1 Å². The second kappa shape index (κ2) is 4.91. The Morgan fingerprint density at radius 1 is 1.19 bits per heavy atom. The molecule has 2 N–H and O–H groups in total. The summed E-state index contributed by atoms with van der Waals surface area (Å²) < 4.78 is 6.13. The molecule has 1 unspecified atom stereocenters. The number of nitrogens with zero attached hydrogens (tertiary/aromatic N) is 3. The van der Waals surface area contributed by atoms with E-state index in [4.69, 9.17) is 4.74 Å². The molecule has 106 valence electrons. The van der Waals surface area contributed by atoms with Gasteiger partial charge in [0.05, 0.1) is 24.0 Å². The lowest BCUT2D eigenvalue weighted by atomic mass is 9.96. The maximum Gasteiger partial charge on any atom is 0.179 e. The fourth-order valence-corrected chi connectivity index (χ4v) is 2.75. The van der Waals surface area contributed by atoms with Gasteiger partial charge in [0.2, 0.25) is 0 Å². The van der Waals surface area contributed by atoms with Crippen LogP contribution in [0.1, 0.15) is 11.5 Å². The lowest BCUT2D eigenvalue weighted by Gasteiger charge is -2.35. The Labute approximate surface area is 121 Å². The number of fused-ring (bicyclic) bond motifs is 1. The zero-order valence-electron chi connectivity index (χ0n) is 11.4. The average Bonchev–Trinajstić information content (AvgIpc) is 3.01. The van der Waals surface area contributed by atoms with Gasteiger partial charge in [0.25, 0.3) is 0 Å². The number of pyridine rings is 1. The van der Waals surface area contributed by atoms with Crippen molar-refractivity contribution in [2.24, 2.45) is 0 Å². The van der Waals surface area contributed by atoms with E-state index in [1.54, 1.807) is 18.6 Å². The number of morpholine rings is 1. The van der Waals surface area contributed by atoms with Crippen LogP contribution >= 0.6 is 0 Å². The van der Waals surface area contributed by atoms with Gasteiger partial charge >= 0.3 is 0 Å². The Morgan fingerprint density at radius 3 is 2.86 bits per heavy atom. The molecule has 0 aliphatic carbocycles. The molecular formula is C15H15N5O. The van der Waals surface area contributed by atoms with Crippen molar-refractivity contribution < 1.29 is 4.74 Å². The minimum absolute atomic E-state index is 0.617. The smallest absolute Gasteiger partial charge is 0.179 e. The largest absolute Gasteiger partial charge is 0.358 e. The van der Waals surface area contributed by atoms with Gasteiger partial charge in [-0.3, -0.25) is 4.98 Å². The molecule has 1 aliphatic rings. The maximum absolute atomic E-state index is 6.13. The SMILES string of the molecule is c1cnc(C2(c3cc4ccncc4[nH]3)CNCCO2)nc1. The van der Waals surface area contributed by atoms with Crippen molar-refractivity contribution in [2.45, 2.75) is 5.60 Å². The van der Waals surface area contributed by atoms with Gasteiger partial charge in [-0.1, -0.05) is 0 Å². The zero-order chi connectivity index (χ0) is 14.1. The van der Waals surface area contributed by atoms with E-state index in [-0.39, 0.29) is 0 Å². The fourth-order valence-electron chi connectivity index (χ4n) is 2.75. The summed E-state index contributed by atoms with van der Waals surface area (Å²) in [5.74, 6) is 0.664. The van der Waals surface area contributed by atoms with Crippen LogP contribution in [-0.2, 0) is 10.3 Å². The Hall–Kier alpha value is -2.31. The molecule has 1 atom stereocenters.